The van der Waals surface area contributed by atoms with Crippen LogP contribution in [-0.4, -0.2) is 0 Å². The van der Waals surface area contributed by atoms with Crippen molar-refractivity contribution >= 4 is 10.8 Å². The summed E-state index contributed by atoms with van der Waals surface area (Å²) >= 11 is 0. The Morgan fingerprint density at radius 1 is 1.00 bits per heavy atom. The number of fused-ring (bicyclic) bond motifs is 1. The van der Waals surface area contributed by atoms with Crippen molar-refractivity contribution in [1.82, 2.24) is 0 Å². The van der Waals surface area contributed by atoms with Crippen LogP contribution in [-0.2, 0) is 0 Å². The van der Waals surface area contributed by atoms with E-state index in [1.807, 2.05) is 0 Å². The van der Waals surface area contributed by atoms with Crippen molar-refractivity contribution in [2.24, 2.45) is 0 Å². The number of hydrogen-bond donors (Lipinski definition) is 0. The number of benzene rings is 2. The zero-order valence-electron chi connectivity index (χ0n) is 9.87. The van der Waals surface area contributed by atoms with Gasteiger partial charge in [0.25, 0.3) is 0 Å². The zero-order chi connectivity index (χ0) is 11.0. The van der Waals surface area contributed by atoms with Crippen molar-refractivity contribution in [2.45, 2.75) is 38.5 Å². The van der Waals surface area contributed by atoms with Crippen LogP contribution in [0.5, 0.6) is 0 Å². The van der Waals surface area contributed by atoms with Crippen LogP contribution < -0.4 is 0 Å². The van der Waals surface area contributed by atoms with E-state index in [4.69, 9.17) is 0 Å². The van der Waals surface area contributed by atoms with Gasteiger partial charge in [0.15, 0.2) is 0 Å². The van der Waals surface area contributed by atoms with Crippen LogP contribution in [0.3, 0.4) is 0 Å². The summed E-state index contributed by atoms with van der Waals surface area (Å²) in [6, 6.07) is 13.5. The molecule has 1 aliphatic rings. The molecule has 82 valence electrons. The normalized spacial score (nSPS) is 17.1. The maximum Gasteiger partial charge on any atom is -0.0149 e. The van der Waals surface area contributed by atoms with E-state index in [0.29, 0.717) is 0 Å². The average molecular weight is 210 g/mol. The Morgan fingerprint density at radius 2 is 1.75 bits per heavy atom. The maximum absolute atomic E-state index is 2.40. The molecule has 1 aliphatic carbocycles. The first-order valence-corrected chi connectivity index (χ1v) is 6.34. The van der Waals surface area contributed by atoms with Gasteiger partial charge in [-0.25, -0.2) is 0 Å². The number of hydrogen-bond acceptors (Lipinski definition) is 0. The molecule has 0 radical (unpaired) electrons. The van der Waals surface area contributed by atoms with Crippen molar-refractivity contribution in [2.75, 3.05) is 0 Å². The van der Waals surface area contributed by atoms with Gasteiger partial charge in [-0.15, -0.1) is 0 Å². The van der Waals surface area contributed by atoms with Crippen LogP contribution in [0.4, 0.5) is 0 Å². The molecular weight excluding hydrogens is 192 g/mol. The lowest BCUT2D eigenvalue weighted by Gasteiger charge is -2.14. The summed E-state index contributed by atoms with van der Waals surface area (Å²) < 4.78 is 0. The Labute approximate surface area is 97.3 Å². The van der Waals surface area contributed by atoms with Crippen LogP contribution in [0.15, 0.2) is 36.4 Å². The Hall–Kier alpha value is -1.30. The predicted molar refractivity (Wildman–Crippen MR) is 69.9 cm³/mol. The van der Waals surface area contributed by atoms with Crippen molar-refractivity contribution in [3.05, 3.63) is 47.5 Å². The van der Waals surface area contributed by atoms with Gasteiger partial charge < -0.3 is 0 Å². The first-order valence-electron chi connectivity index (χ1n) is 6.34. The highest BCUT2D eigenvalue weighted by Gasteiger charge is 2.19. The van der Waals surface area contributed by atoms with Gasteiger partial charge in [-0.3, -0.25) is 0 Å². The second-order valence-electron chi connectivity index (χ2n) is 5.06. The first-order chi connectivity index (χ1) is 7.84. The molecule has 0 heteroatoms. The molecule has 16 heavy (non-hydrogen) atoms. The van der Waals surface area contributed by atoms with E-state index in [2.05, 4.69) is 43.3 Å². The van der Waals surface area contributed by atoms with Gasteiger partial charge in [-0.2, -0.15) is 0 Å². The van der Waals surface area contributed by atoms with Crippen molar-refractivity contribution < 1.29 is 0 Å². The minimum absolute atomic E-state index is 0.810. The van der Waals surface area contributed by atoms with E-state index in [-0.39, 0.29) is 0 Å². The van der Waals surface area contributed by atoms with E-state index in [0.717, 1.165) is 5.92 Å². The van der Waals surface area contributed by atoms with Gasteiger partial charge in [-0.05, 0) is 42.0 Å². The molecule has 0 unspecified atom stereocenters. The smallest absolute Gasteiger partial charge is 0.0149 e. The number of rotatable bonds is 1. The second kappa shape index (κ2) is 3.93. The standard InChI is InChI=1S/C16H18/c1-12-10-14-8-4-5-9-15(14)16(11-12)13-6-2-3-7-13/h4-5,8-11,13H,2-3,6-7H2,1H3. The summed E-state index contributed by atoms with van der Waals surface area (Å²) in [6.45, 7) is 2.21. The average Bonchev–Trinajstić information content (AvgIpc) is 2.81. The summed E-state index contributed by atoms with van der Waals surface area (Å²) in [7, 11) is 0. The fourth-order valence-corrected chi connectivity index (χ4v) is 3.07. The van der Waals surface area contributed by atoms with Crippen molar-refractivity contribution in [1.29, 1.82) is 0 Å². The third-order valence-electron chi connectivity index (χ3n) is 3.83. The molecular formula is C16H18. The molecule has 0 heterocycles. The minimum atomic E-state index is 0.810. The molecule has 0 aromatic heterocycles. The molecule has 0 bridgehead atoms. The second-order valence-corrected chi connectivity index (χ2v) is 5.06. The molecule has 0 amide bonds. The van der Waals surface area contributed by atoms with Gasteiger partial charge in [0, 0.05) is 0 Å². The van der Waals surface area contributed by atoms with E-state index >= 15 is 0 Å². The molecule has 0 spiro atoms. The Bertz CT molecular complexity index is 504. The van der Waals surface area contributed by atoms with E-state index in [1.165, 1.54) is 42.0 Å². The Morgan fingerprint density at radius 3 is 2.56 bits per heavy atom. The monoisotopic (exact) mass is 210 g/mol. The van der Waals surface area contributed by atoms with Gasteiger partial charge in [0.2, 0.25) is 0 Å². The number of aryl methyl sites for hydroxylation is 1. The SMILES string of the molecule is Cc1cc(C2CCCC2)c2ccccc2c1. The van der Waals surface area contributed by atoms with Crippen LogP contribution in [0, 0.1) is 6.92 Å². The van der Waals surface area contributed by atoms with Gasteiger partial charge in [0.1, 0.15) is 0 Å². The van der Waals surface area contributed by atoms with E-state index in [9.17, 15) is 0 Å². The third kappa shape index (κ3) is 1.63. The van der Waals surface area contributed by atoms with Crippen molar-refractivity contribution in [3.8, 4) is 0 Å². The quantitative estimate of drug-likeness (QED) is 0.634. The Kier molecular flexibility index (Phi) is 2.43. The summed E-state index contributed by atoms with van der Waals surface area (Å²) in [6.07, 6.45) is 5.58. The molecule has 0 nitrogen and oxygen atoms in total. The lowest BCUT2D eigenvalue weighted by Crippen LogP contribution is -1.94. The molecule has 1 saturated carbocycles. The molecule has 1 fully saturated rings. The third-order valence-corrected chi connectivity index (χ3v) is 3.83. The minimum Gasteiger partial charge on any atom is -0.0616 e. The summed E-state index contributed by atoms with van der Waals surface area (Å²) in [5, 5.41) is 2.88. The zero-order valence-corrected chi connectivity index (χ0v) is 9.87. The molecule has 2 aromatic rings. The molecule has 0 saturated heterocycles. The lowest BCUT2D eigenvalue weighted by atomic mass is 9.91. The highest BCUT2D eigenvalue weighted by molar-refractivity contribution is 5.87. The van der Waals surface area contributed by atoms with Crippen LogP contribution in [0.2, 0.25) is 0 Å². The largest absolute Gasteiger partial charge is 0.0616 e. The summed E-state index contributed by atoms with van der Waals surface area (Å²) in [5.41, 5.74) is 2.99. The molecule has 0 aliphatic heterocycles. The van der Waals surface area contributed by atoms with Gasteiger partial charge in [-0.1, -0.05) is 54.8 Å². The fourth-order valence-electron chi connectivity index (χ4n) is 3.07. The molecule has 2 aromatic carbocycles. The van der Waals surface area contributed by atoms with Crippen LogP contribution in [0.25, 0.3) is 10.8 Å². The summed E-state index contributed by atoms with van der Waals surface area (Å²) in [5.74, 6) is 0.810. The molecule has 0 atom stereocenters. The predicted octanol–water partition coefficient (Wildman–Crippen LogP) is 4.81. The lowest BCUT2D eigenvalue weighted by molar-refractivity contribution is 0.729. The molecule has 3 rings (SSSR count). The molecule has 0 N–H and O–H groups in total. The fraction of sp³-hybridized carbons (Fsp3) is 0.375. The van der Waals surface area contributed by atoms with E-state index < -0.39 is 0 Å². The van der Waals surface area contributed by atoms with Gasteiger partial charge in [0.05, 0.1) is 0 Å². The topological polar surface area (TPSA) is 0 Å². The van der Waals surface area contributed by atoms with Crippen LogP contribution in [0.1, 0.15) is 42.7 Å². The maximum atomic E-state index is 2.40. The van der Waals surface area contributed by atoms with Gasteiger partial charge >= 0.3 is 0 Å². The van der Waals surface area contributed by atoms with Crippen LogP contribution >= 0.6 is 0 Å². The first kappa shape index (κ1) is 9.89. The van der Waals surface area contributed by atoms with E-state index in [1.54, 1.807) is 5.56 Å². The van der Waals surface area contributed by atoms with Crippen molar-refractivity contribution in [3.63, 3.8) is 0 Å². The highest BCUT2D eigenvalue weighted by Crippen LogP contribution is 2.38. The summed E-state index contributed by atoms with van der Waals surface area (Å²) in [4.78, 5) is 0. The highest BCUT2D eigenvalue weighted by atomic mass is 14.2. The Balaban J connectivity index is 2.21.